The predicted octanol–water partition coefficient (Wildman–Crippen LogP) is -0.472. The Kier molecular flexibility index (Phi) is 5.18. The first-order valence-electron chi connectivity index (χ1n) is 7.03. The molecule has 2 aliphatic heterocycles. The molecule has 2 N–H and O–H groups in total. The highest BCUT2D eigenvalue weighted by Crippen LogP contribution is 2.13. The van der Waals surface area contributed by atoms with Gasteiger partial charge in [0.1, 0.15) is 0 Å². The zero-order valence-electron chi connectivity index (χ0n) is 11.2. The van der Waals surface area contributed by atoms with Crippen LogP contribution in [0.3, 0.4) is 0 Å². The molecule has 0 spiro atoms. The highest BCUT2D eigenvalue weighted by Gasteiger charge is 2.29. The van der Waals surface area contributed by atoms with Crippen molar-refractivity contribution < 1.29 is 13.2 Å². The zero-order chi connectivity index (χ0) is 13.7. The number of nitrogens with zero attached hydrogens (tertiary/aromatic N) is 1. The lowest BCUT2D eigenvalue weighted by Gasteiger charge is -2.22. The summed E-state index contributed by atoms with van der Waals surface area (Å²) in [4.78, 5) is 11.7. The maximum absolute atomic E-state index is 11.7. The van der Waals surface area contributed by atoms with Crippen molar-refractivity contribution >= 4 is 15.9 Å². The van der Waals surface area contributed by atoms with Gasteiger partial charge in [0.2, 0.25) is 15.9 Å². The molecule has 2 rings (SSSR count). The second-order valence-corrected chi connectivity index (χ2v) is 7.44. The molecule has 1 atom stereocenters. The SMILES string of the molecule is O=C(CN1CCCS1(=O)=O)NCCC1CCCNC1. The van der Waals surface area contributed by atoms with Crippen LogP contribution in [0.15, 0.2) is 0 Å². The van der Waals surface area contributed by atoms with Crippen molar-refractivity contribution in [2.45, 2.75) is 25.7 Å². The van der Waals surface area contributed by atoms with E-state index in [-0.39, 0.29) is 18.2 Å². The van der Waals surface area contributed by atoms with Gasteiger partial charge in [-0.15, -0.1) is 0 Å². The van der Waals surface area contributed by atoms with Crippen LogP contribution in [0.25, 0.3) is 0 Å². The average molecular weight is 289 g/mol. The lowest BCUT2D eigenvalue weighted by molar-refractivity contribution is -0.121. The summed E-state index contributed by atoms with van der Waals surface area (Å²) in [5.41, 5.74) is 0. The predicted molar refractivity (Wildman–Crippen MR) is 73.2 cm³/mol. The van der Waals surface area contributed by atoms with E-state index in [9.17, 15) is 13.2 Å². The Morgan fingerprint density at radius 1 is 1.37 bits per heavy atom. The summed E-state index contributed by atoms with van der Waals surface area (Å²) in [7, 11) is -3.17. The van der Waals surface area contributed by atoms with Crippen LogP contribution in [0.2, 0.25) is 0 Å². The minimum absolute atomic E-state index is 0.0226. The molecule has 0 radical (unpaired) electrons. The molecule has 1 unspecified atom stereocenters. The van der Waals surface area contributed by atoms with Crippen molar-refractivity contribution in [3.05, 3.63) is 0 Å². The smallest absolute Gasteiger partial charge is 0.235 e. The van der Waals surface area contributed by atoms with Crippen molar-refractivity contribution in [3.63, 3.8) is 0 Å². The van der Waals surface area contributed by atoms with Gasteiger partial charge in [0, 0.05) is 13.1 Å². The number of nitrogens with one attached hydrogen (secondary N) is 2. The molecular formula is C12H23N3O3S. The van der Waals surface area contributed by atoms with E-state index in [0.29, 0.717) is 25.4 Å². The Bertz CT molecular complexity index is 404. The van der Waals surface area contributed by atoms with E-state index in [1.807, 2.05) is 0 Å². The largest absolute Gasteiger partial charge is 0.355 e. The molecule has 110 valence electrons. The number of rotatable bonds is 5. The monoisotopic (exact) mass is 289 g/mol. The second kappa shape index (κ2) is 6.67. The Labute approximate surface area is 115 Å². The molecule has 7 heteroatoms. The molecule has 0 saturated carbocycles. The van der Waals surface area contributed by atoms with E-state index >= 15 is 0 Å². The molecule has 0 aliphatic carbocycles. The third kappa shape index (κ3) is 4.43. The minimum Gasteiger partial charge on any atom is -0.355 e. The van der Waals surface area contributed by atoms with Gasteiger partial charge in [-0.2, -0.15) is 4.31 Å². The first-order valence-corrected chi connectivity index (χ1v) is 8.64. The summed E-state index contributed by atoms with van der Waals surface area (Å²) in [5, 5.41) is 6.16. The Morgan fingerprint density at radius 2 is 2.21 bits per heavy atom. The quantitative estimate of drug-likeness (QED) is 0.717. The van der Waals surface area contributed by atoms with Gasteiger partial charge in [-0.05, 0) is 44.7 Å². The van der Waals surface area contributed by atoms with Gasteiger partial charge in [0.05, 0.1) is 12.3 Å². The van der Waals surface area contributed by atoms with Crippen LogP contribution >= 0.6 is 0 Å². The van der Waals surface area contributed by atoms with Crippen LogP contribution in [-0.4, -0.2) is 57.1 Å². The number of carbonyl (C=O) groups is 1. The van der Waals surface area contributed by atoms with Crippen molar-refractivity contribution in [2.75, 3.05) is 38.5 Å². The van der Waals surface area contributed by atoms with Gasteiger partial charge >= 0.3 is 0 Å². The lowest BCUT2D eigenvalue weighted by Crippen LogP contribution is -2.39. The highest BCUT2D eigenvalue weighted by atomic mass is 32.2. The maximum Gasteiger partial charge on any atom is 0.235 e. The van der Waals surface area contributed by atoms with Crippen molar-refractivity contribution in [2.24, 2.45) is 5.92 Å². The number of sulfonamides is 1. The molecule has 19 heavy (non-hydrogen) atoms. The third-order valence-corrected chi connectivity index (χ3v) is 5.70. The highest BCUT2D eigenvalue weighted by molar-refractivity contribution is 7.89. The Balaban J connectivity index is 1.64. The van der Waals surface area contributed by atoms with Crippen LogP contribution in [0.4, 0.5) is 0 Å². The van der Waals surface area contributed by atoms with Crippen LogP contribution in [0.5, 0.6) is 0 Å². The molecule has 6 nitrogen and oxygen atoms in total. The minimum atomic E-state index is -3.17. The van der Waals surface area contributed by atoms with Gasteiger partial charge < -0.3 is 10.6 Å². The van der Waals surface area contributed by atoms with Gasteiger partial charge in [0.15, 0.2) is 0 Å². The zero-order valence-corrected chi connectivity index (χ0v) is 12.0. The normalized spacial score (nSPS) is 27.3. The van der Waals surface area contributed by atoms with Crippen molar-refractivity contribution in [1.29, 1.82) is 0 Å². The molecule has 2 fully saturated rings. The van der Waals surface area contributed by atoms with Gasteiger partial charge in [-0.25, -0.2) is 8.42 Å². The standard InChI is InChI=1S/C12H23N3O3S/c16-12(10-15-7-2-8-19(15,17)18)14-6-4-11-3-1-5-13-9-11/h11,13H,1-10H2,(H,14,16). The average Bonchev–Trinajstić information content (AvgIpc) is 2.70. The van der Waals surface area contributed by atoms with Crippen LogP contribution in [-0.2, 0) is 14.8 Å². The fraction of sp³-hybridized carbons (Fsp3) is 0.917. The summed E-state index contributed by atoms with van der Waals surface area (Å²) in [5.74, 6) is 0.618. The molecule has 0 aromatic carbocycles. The molecule has 0 aromatic heterocycles. The molecule has 2 heterocycles. The number of piperidine rings is 1. The number of carbonyl (C=O) groups excluding carboxylic acids is 1. The molecule has 2 aliphatic rings. The molecular weight excluding hydrogens is 266 g/mol. The number of hydrogen-bond donors (Lipinski definition) is 2. The maximum atomic E-state index is 11.7. The second-order valence-electron chi connectivity index (χ2n) is 5.35. The molecule has 1 amide bonds. The fourth-order valence-electron chi connectivity index (χ4n) is 2.67. The summed E-state index contributed by atoms with van der Waals surface area (Å²) in [6.07, 6.45) is 4.00. The van der Waals surface area contributed by atoms with Crippen LogP contribution in [0, 0.1) is 5.92 Å². The number of hydrogen-bond acceptors (Lipinski definition) is 4. The van der Waals surface area contributed by atoms with Crippen molar-refractivity contribution in [3.8, 4) is 0 Å². The first kappa shape index (κ1) is 14.7. The number of amides is 1. The molecule has 0 bridgehead atoms. The summed E-state index contributed by atoms with van der Waals surface area (Å²) < 4.78 is 24.4. The third-order valence-electron chi connectivity index (χ3n) is 3.80. The topological polar surface area (TPSA) is 78.5 Å². The molecule has 2 saturated heterocycles. The lowest BCUT2D eigenvalue weighted by atomic mass is 9.96. The summed E-state index contributed by atoms with van der Waals surface area (Å²) in [6.45, 7) is 3.21. The van der Waals surface area contributed by atoms with E-state index in [1.165, 1.54) is 17.1 Å². The Morgan fingerprint density at radius 3 is 2.84 bits per heavy atom. The van der Waals surface area contributed by atoms with Crippen LogP contribution in [0.1, 0.15) is 25.7 Å². The van der Waals surface area contributed by atoms with Gasteiger partial charge in [-0.1, -0.05) is 0 Å². The summed E-state index contributed by atoms with van der Waals surface area (Å²) >= 11 is 0. The fourth-order valence-corrected chi connectivity index (χ4v) is 4.14. The van der Waals surface area contributed by atoms with Gasteiger partial charge in [0.25, 0.3) is 0 Å². The van der Waals surface area contributed by atoms with E-state index in [1.54, 1.807) is 0 Å². The van der Waals surface area contributed by atoms with Crippen molar-refractivity contribution in [1.82, 2.24) is 14.9 Å². The van der Waals surface area contributed by atoms with Crippen LogP contribution < -0.4 is 10.6 Å². The van der Waals surface area contributed by atoms with E-state index < -0.39 is 10.0 Å². The Hall–Kier alpha value is -0.660. The van der Waals surface area contributed by atoms with E-state index in [4.69, 9.17) is 0 Å². The van der Waals surface area contributed by atoms with Gasteiger partial charge in [-0.3, -0.25) is 4.79 Å². The molecule has 0 aromatic rings. The van der Waals surface area contributed by atoms with E-state index in [2.05, 4.69) is 10.6 Å². The summed E-state index contributed by atoms with van der Waals surface area (Å²) in [6, 6.07) is 0. The first-order chi connectivity index (χ1) is 9.08. The van der Waals surface area contributed by atoms with E-state index in [0.717, 1.165) is 19.5 Å².